The number of aromatic nitrogens is 2. The van der Waals surface area contributed by atoms with E-state index in [1.54, 1.807) is 12.1 Å². The van der Waals surface area contributed by atoms with Crippen LogP contribution in [0.1, 0.15) is 11.1 Å². The second kappa shape index (κ2) is 12.2. The Hall–Kier alpha value is -4.68. The number of hydrogen-bond donors (Lipinski definition) is 0. The van der Waals surface area contributed by atoms with Crippen LogP contribution in [0.2, 0.25) is 0 Å². The van der Waals surface area contributed by atoms with E-state index in [0.29, 0.717) is 29.3 Å². The highest BCUT2D eigenvalue weighted by molar-refractivity contribution is 9.10. The van der Waals surface area contributed by atoms with Crippen LogP contribution < -0.4 is 9.47 Å². The van der Waals surface area contributed by atoms with Gasteiger partial charge in [0.25, 0.3) is 0 Å². The maximum atomic E-state index is 14.2. The molecular weight excluding hydrogens is 579 g/mol. The predicted molar refractivity (Wildman–Crippen MR) is 164 cm³/mol. The molecule has 0 atom stereocenters. The molecule has 0 N–H and O–H groups in total. The summed E-state index contributed by atoms with van der Waals surface area (Å²) in [5.41, 5.74) is 5.30. The molecule has 0 fully saturated rings. The number of para-hydroxylation sites is 2. The molecule has 202 valence electrons. The molecule has 6 heteroatoms. The van der Waals surface area contributed by atoms with Gasteiger partial charge in [-0.05, 0) is 69.5 Å². The van der Waals surface area contributed by atoms with E-state index < -0.39 is 0 Å². The molecule has 0 amide bonds. The van der Waals surface area contributed by atoms with Crippen molar-refractivity contribution >= 4 is 15.9 Å². The van der Waals surface area contributed by atoms with Gasteiger partial charge in [0.1, 0.15) is 36.4 Å². The highest BCUT2D eigenvalue weighted by atomic mass is 79.9. The monoisotopic (exact) mass is 604 g/mol. The minimum atomic E-state index is -0.332. The normalized spacial score (nSPS) is 10.9. The maximum absolute atomic E-state index is 14.2. The van der Waals surface area contributed by atoms with E-state index in [1.807, 2.05) is 120 Å². The summed E-state index contributed by atoms with van der Waals surface area (Å²) in [6, 6.07) is 40.7. The molecule has 1 aromatic heterocycles. The average molecular weight is 606 g/mol. The fraction of sp³-hybridized carbons (Fsp3) is 0.0571. The van der Waals surface area contributed by atoms with Crippen LogP contribution in [-0.2, 0) is 13.2 Å². The Kier molecular flexibility index (Phi) is 7.92. The standard InChI is InChI=1S/C35H26BrFN2O2/c36-30-21-27(19-20-31(30)37)39-22-32(28-15-7-9-17-33(28)40-23-25-11-3-1-4-12-25)38-35(39)29-16-8-10-18-34(29)41-24-26-13-5-2-6-14-26/h1-22H,23-24H2. The fourth-order valence-corrected chi connectivity index (χ4v) is 4.95. The third-order valence-corrected chi connectivity index (χ3v) is 7.26. The maximum Gasteiger partial charge on any atom is 0.148 e. The van der Waals surface area contributed by atoms with Gasteiger partial charge >= 0.3 is 0 Å². The predicted octanol–water partition coefficient (Wildman–Crippen LogP) is 9.27. The van der Waals surface area contributed by atoms with Crippen molar-refractivity contribution in [3.05, 3.63) is 155 Å². The van der Waals surface area contributed by atoms with E-state index in [-0.39, 0.29) is 5.82 Å². The summed E-state index contributed by atoms with van der Waals surface area (Å²) >= 11 is 3.34. The van der Waals surface area contributed by atoms with Crippen LogP contribution in [0, 0.1) is 5.82 Å². The Morgan fingerprint density at radius 1 is 0.634 bits per heavy atom. The van der Waals surface area contributed by atoms with Gasteiger partial charge in [-0.25, -0.2) is 9.37 Å². The Bertz CT molecular complexity index is 1770. The molecule has 1 heterocycles. The molecular formula is C35H26BrFN2O2. The molecule has 41 heavy (non-hydrogen) atoms. The van der Waals surface area contributed by atoms with Crippen LogP contribution in [0.3, 0.4) is 0 Å². The van der Waals surface area contributed by atoms with E-state index in [1.165, 1.54) is 6.07 Å². The van der Waals surface area contributed by atoms with Crippen LogP contribution in [0.5, 0.6) is 11.5 Å². The highest BCUT2D eigenvalue weighted by Gasteiger charge is 2.19. The zero-order chi connectivity index (χ0) is 28.0. The molecule has 0 unspecified atom stereocenters. The molecule has 0 bridgehead atoms. The average Bonchev–Trinajstić information content (AvgIpc) is 3.47. The lowest BCUT2D eigenvalue weighted by Gasteiger charge is -2.13. The van der Waals surface area contributed by atoms with Crippen molar-refractivity contribution in [2.24, 2.45) is 0 Å². The third-order valence-electron chi connectivity index (χ3n) is 6.65. The zero-order valence-electron chi connectivity index (χ0n) is 22.1. The fourth-order valence-electron chi connectivity index (χ4n) is 4.58. The lowest BCUT2D eigenvalue weighted by molar-refractivity contribution is 0.307. The van der Waals surface area contributed by atoms with Gasteiger partial charge in [-0.1, -0.05) is 84.9 Å². The first kappa shape index (κ1) is 26.5. The van der Waals surface area contributed by atoms with Crippen molar-refractivity contribution < 1.29 is 13.9 Å². The SMILES string of the molecule is Fc1ccc(-n2cc(-c3ccccc3OCc3ccccc3)nc2-c2ccccc2OCc2ccccc2)cc1Br. The minimum absolute atomic E-state index is 0.332. The smallest absolute Gasteiger partial charge is 0.148 e. The summed E-state index contributed by atoms with van der Waals surface area (Å²) in [6.07, 6.45) is 1.95. The molecule has 0 saturated carbocycles. The summed E-state index contributed by atoms with van der Waals surface area (Å²) in [5, 5.41) is 0. The molecule has 6 rings (SSSR count). The molecule has 0 aliphatic rings. The van der Waals surface area contributed by atoms with Gasteiger partial charge in [0.2, 0.25) is 0 Å². The number of ether oxygens (including phenoxy) is 2. The van der Waals surface area contributed by atoms with E-state index in [4.69, 9.17) is 14.5 Å². The van der Waals surface area contributed by atoms with Crippen molar-refractivity contribution in [1.82, 2.24) is 9.55 Å². The topological polar surface area (TPSA) is 36.3 Å². The lowest BCUT2D eigenvalue weighted by atomic mass is 10.1. The van der Waals surface area contributed by atoms with E-state index >= 15 is 0 Å². The van der Waals surface area contributed by atoms with E-state index in [2.05, 4.69) is 15.9 Å². The Balaban J connectivity index is 1.42. The van der Waals surface area contributed by atoms with Crippen molar-refractivity contribution in [2.75, 3.05) is 0 Å². The van der Waals surface area contributed by atoms with Gasteiger partial charge in [0.05, 0.1) is 15.7 Å². The van der Waals surface area contributed by atoms with Crippen LogP contribution >= 0.6 is 15.9 Å². The van der Waals surface area contributed by atoms with Crippen LogP contribution in [0.25, 0.3) is 28.3 Å². The number of halogens is 2. The quantitative estimate of drug-likeness (QED) is 0.165. The van der Waals surface area contributed by atoms with Crippen LogP contribution in [-0.4, -0.2) is 9.55 Å². The number of imidazole rings is 1. The van der Waals surface area contributed by atoms with E-state index in [9.17, 15) is 4.39 Å². The number of rotatable bonds is 9. The van der Waals surface area contributed by atoms with Crippen molar-refractivity contribution in [2.45, 2.75) is 13.2 Å². The largest absolute Gasteiger partial charge is 0.488 e. The number of hydrogen-bond acceptors (Lipinski definition) is 3. The molecule has 0 aliphatic carbocycles. The second-order valence-corrected chi connectivity index (χ2v) is 10.3. The molecule has 0 saturated heterocycles. The van der Waals surface area contributed by atoms with Gasteiger partial charge in [-0.15, -0.1) is 0 Å². The highest BCUT2D eigenvalue weighted by Crippen LogP contribution is 2.37. The lowest BCUT2D eigenvalue weighted by Crippen LogP contribution is -2.01. The van der Waals surface area contributed by atoms with Crippen molar-refractivity contribution in [1.29, 1.82) is 0 Å². The first-order valence-corrected chi connectivity index (χ1v) is 14.0. The molecule has 0 radical (unpaired) electrons. The molecule has 0 aliphatic heterocycles. The first-order valence-electron chi connectivity index (χ1n) is 13.2. The Morgan fingerprint density at radius 2 is 1.17 bits per heavy atom. The van der Waals surface area contributed by atoms with Crippen LogP contribution in [0.15, 0.2) is 138 Å². The molecule has 6 aromatic rings. The third kappa shape index (κ3) is 6.08. The van der Waals surface area contributed by atoms with Gasteiger partial charge in [-0.2, -0.15) is 0 Å². The summed E-state index contributed by atoms with van der Waals surface area (Å²) in [7, 11) is 0. The molecule has 0 spiro atoms. The zero-order valence-corrected chi connectivity index (χ0v) is 23.7. The van der Waals surface area contributed by atoms with E-state index in [0.717, 1.165) is 39.4 Å². The summed E-state index contributed by atoms with van der Waals surface area (Å²) in [6.45, 7) is 0.857. The van der Waals surface area contributed by atoms with Crippen molar-refractivity contribution in [3.8, 4) is 39.8 Å². The number of nitrogens with zero attached hydrogens (tertiary/aromatic N) is 2. The van der Waals surface area contributed by atoms with Gasteiger partial charge in [0, 0.05) is 17.4 Å². The molecule has 4 nitrogen and oxygen atoms in total. The summed E-state index contributed by atoms with van der Waals surface area (Å²) < 4.78 is 29.1. The van der Waals surface area contributed by atoms with Gasteiger partial charge in [-0.3, -0.25) is 4.57 Å². The summed E-state index contributed by atoms with van der Waals surface area (Å²) in [4.78, 5) is 5.10. The minimum Gasteiger partial charge on any atom is -0.488 e. The second-order valence-electron chi connectivity index (χ2n) is 9.46. The number of benzene rings is 5. The van der Waals surface area contributed by atoms with Gasteiger partial charge in [0.15, 0.2) is 0 Å². The van der Waals surface area contributed by atoms with Crippen LogP contribution in [0.4, 0.5) is 4.39 Å². The van der Waals surface area contributed by atoms with Gasteiger partial charge < -0.3 is 9.47 Å². The van der Waals surface area contributed by atoms with Crippen molar-refractivity contribution in [3.63, 3.8) is 0 Å². The first-order chi connectivity index (χ1) is 20.2. The molecule has 5 aromatic carbocycles. The Morgan fingerprint density at radius 3 is 1.78 bits per heavy atom. The Labute approximate surface area is 246 Å². The summed E-state index contributed by atoms with van der Waals surface area (Å²) in [5.74, 6) is 1.76.